The summed E-state index contributed by atoms with van der Waals surface area (Å²) in [6, 6.07) is 8.42. The lowest BCUT2D eigenvalue weighted by Crippen LogP contribution is -2.13. The maximum atomic E-state index is 13.1. The van der Waals surface area contributed by atoms with Gasteiger partial charge in [0.2, 0.25) is 5.78 Å². The van der Waals surface area contributed by atoms with E-state index in [1.807, 2.05) is 0 Å². The summed E-state index contributed by atoms with van der Waals surface area (Å²) in [5, 5.41) is 0. The van der Waals surface area contributed by atoms with Crippen molar-refractivity contribution < 1.29 is 38.1 Å². The summed E-state index contributed by atoms with van der Waals surface area (Å²) in [4.78, 5) is 47.0. The third kappa shape index (κ3) is 5.16. The van der Waals surface area contributed by atoms with E-state index in [1.54, 1.807) is 0 Å². The van der Waals surface area contributed by atoms with Crippen molar-refractivity contribution in [2.24, 2.45) is 0 Å². The van der Waals surface area contributed by atoms with Crippen LogP contribution >= 0.6 is 0 Å². The Bertz CT molecular complexity index is 891. The van der Waals surface area contributed by atoms with Gasteiger partial charge in [0.1, 0.15) is 28.6 Å². The molecule has 0 fully saturated rings. The fraction of sp³-hybridized carbons (Fsp3) is 0.200. The topological polar surface area (TPSA) is 105 Å². The van der Waals surface area contributed by atoms with Crippen LogP contribution in [-0.2, 0) is 14.4 Å². The van der Waals surface area contributed by atoms with Crippen LogP contribution in [0.3, 0.4) is 0 Å². The van der Waals surface area contributed by atoms with Gasteiger partial charge in [0.25, 0.3) is 0 Å². The zero-order valence-corrected chi connectivity index (χ0v) is 15.7. The van der Waals surface area contributed by atoms with E-state index in [-0.39, 0.29) is 34.1 Å². The monoisotopic (exact) mass is 386 g/mol. The molecule has 0 bridgehead atoms. The van der Waals surface area contributed by atoms with Crippen molar-refractivity contribution in [2.75, 3.05) is 7.11 Å². The van der Waals surface area contributed by atoms with Crippen molar-refractivity contribution in [3.63, 3.8) is 0 Å². The predicted molar refractivity (Wildman–Crippen MR) is 96.8 cm³/mol. The zero-order chi connectivity index (χ0) is 20.8. The second kappa shape index (κ2) is 8.81. The maximum absolute atomic E-state index is 13.1. The molecule has 8 nitrogen and oxygen atoms in total. The highest BCUT2D eigenvalue weighted by atomic mass is 16.5. The molecule has 0 saturated carbocycles. The number of methoxy groups -OCH3 is 1. The molecule has 2 rings (SSSR count). The molecule has 146 valence electrons. The van der Waals surface area contributed by atoms with Gasteiger partial charge >= 0.3 is 17.9 Å². The second-order valence-corrected chi connectivity index (χ2v) is 5.63. The summed E-state index contributed by atoms with van der Waals surface area (Å²) in [5.41, 5.74) is 0.0781. The number of carbonyl (C=O) groups is 4. The van der Waals surface area contributed by atoms with Gasteiger partial charge in [-0.15, -0.1) is 0 Å². The van der Waals surface area contributed by atoms with E-state index >= 15 is 0 Å². The SMILES string of the molecule is COc1cc(OC(C)=O)c(C(=O)c2ccc(OC(C)=O)cc2)c(OC(C)=O)c1. The van der Waals surface area contributed by atoms with E-state index in [9.17, 15) is 19.2 Å². The van der Waals surface area contributed by atoms with Gasteiger partial charge in [-0.05, 0) is 24.3 Å². The standard InChI is InChI=1S/C20H18O8/c1-11(21)26-15-7-5-14(6-8-15)20(24)19-17(27-12(2)22)9-16(25-4)10-18(19)28-13(3)23/h5-10H,1-4H3. The number of carbonyl (C=O) groups excluding carboxylic acids is 4. The van der Waals surface area contributed by atoms with Crippen molar-refractivity contribution in [3.8, 4) is 23.0 Å². The van der Waals surface area contributed by atoms with Crippen LogP contribution in [0, 0.1) is 0 Å². The molecule has 0 amide bonds. The van der Waals surface area contributed by atoms with Crippen molar-refractivity contribution in [2.45, 2.75) is 20.8 Å². The van der Waals surface area contributed by atoms with Crippen molar-refractivity contribution in [3.05, 3.63) is 47.5 Å². The van der Waals surface area contributed by atoms with Gasteiger partial charge in [-0.3, -0.25) is 19.2 Å². The molecular weight excluding hydrogens is 368 g/mol. The smallest absolute Gasteiger partial charge is 0.308 e. The van der Waals surface area contributed by atoms with E-state index in [0.717, 1.165) is 0 Å². The lowest BCUT2D eigenvalue weighted by Gasteiger charge is -2.15. The van der Waals surface area contributed by atoms with Crippen LogP contribution in [0.15, 0.2) is 36.4 Å². The average molecular weight is 386 g/mol. The van der Waals surface area contributed by atoms with Gasteiger partial charge in [-0.1, -0.05) is 0 Å². The van der Waals surface area contributed by atoms with Crippen LogP contribution in [0.2, 0.25) is 0 Å². The first-order valence-electron chi connectivity index (χ1n) is 8.13. The summed E-state index contributed by atoms with van der Waals surface area (Å²) in [5.74, 6) is -2.13. The molecule has 0 aliphatic heterocycles. The van der Waals surface area contributed by atoms with Crippen molar-refractivity contribution in [1.29, 1.82) is 0 Å². The quantitative estimate of drug-likeness (QED) is 0.424. The highest BCUT2D eigenvalue weighted by molar-refractivity contribution is 6.13. The highest BCUT2D eigenvalue weighted by Gasteiger charge is 2.24. The molecule has 0 aliphatic rings. The van der Waals surface area contributed by atoms with Crippen molar-refractivity contribution >= 4 is 23.7 Å². The summed E-state index contributed by atoms with van der Waals surface area (Å²) in [6.07, 6.45) is 0. The van der Waals surface area contributed by atoms with Gasteiger partial charge in [-0.2, -0.15) is 0 Å². The molecular formula is C20H18O8. The number of esters is 3. The highest BCUT2D eigenvalue weighted by Crippen LogP contribution is 2.36. The minimum Gasteiger partial charge on any atom is -0.496 e. The van der Waals surface area contributed by atoms with Crippen LogP contribution in [0.4, 0.5) is 0 Å². The van der Waals surface area contributed by atoms with E-state index in [0.29, 0.717) is 0 Å². The summed E-state index contributed by atoms with van der Waals surface area (Å²) in [7, 11) is 1.37. The molecule has 0 atom stereocenters. The molecule has 0 N–H and O–H groups in total. The Kier molecular flexibility index (Phi) is 6.49. The summed E-state index contributed by atoms with van der Waals surface area (Å²) >= 11 is 0. The second-order valence-electron chi connectivity index (χ2n) is 5.63. The Hall–Kier alpha value is -3.68. The molecule has 0 spiro atoms. The molecule has 2 aromatic carbocycles. The molecule has 0 aromatic heterocycles. The zero-order valence-electron chi connectivity index (χ0n) is 15.7. The van der Waals surface area contributed by atoms with E-state index < -0.39 is 23.7 Å². The van der Waals surface area contributed by atoms with E-state index in [4.69, 9.17) is 18.9 Å². The Labute approximate surface area is 161 Å². The number of benzene rings is 2. The Balaban J connectivity index is 2.56. The van der Waals surface area contributed by atoms with Crippen molar-refractivity contribution in [1.82, 2.24) is 0 Å². The first-order valence-corrected chi connectivity index (χ1v) is 8.13. The van der Waals surface area contributed by atoms with Gasteiger partial charge in [0.05, 0.1) is 7.11 Å². The number of hydrogen-bond acceptors (Lipinski definition) is 8. The van der Waals surface area contributed by atoms with Crippen LogP contribution in [0.1, 0.15) is 36.7 Å². The van der Waals surface area contributed by atoms with E-state index in [1.165, 1.54) is 64.3 Å². The maximum Gasteiger partial charge on any atom is 0.308 e. The Morgan fingerprint density at radius 3 is 1.54 bits per heavy atom. The lowest BCUT2D eigenvalue weighted by atomic mass is 10.0. The van der Waals surface area contributed by atoms with Crippen LogP contribution in [-0.4, -0.2) is 30.8 Å². The van der Waals surface area contributed by atoms with Crippen LogP contribution in [0.25, 0.3) is 0 Å². The first kappa shape index (κ1) is 20.6. The van der Waals surface area contributed by atoms with Crippen LogP contribution < -0.4 is 18.9 Å². The predicted octanol–water partition coefficient (Wildman–Crippen LogP) is 2.70. The minimum atomic E-state index is -0.665. The fourth-order valence-electron chi connectivity index (χ4n) is 2.36. The van der Waals surface area contributed by atoms with Gasteiger partial charge in [0, 0.05) is 38.5 Å². The molecule has 0 saturated heterocycles. The number of ether oxygens (including phenoxy) is 4. The molecule has 2 aromatic rings. The Morgan fingerprint density at radius 1 is 0.679 bits per heavy atom. The Morgan fingerprint density at radius 2 is 1.14 bits per heavy atom. The van der Waals surface area contributed by atoms with E-state index in [2.05, 4.69) is 0 Å². The summed E-state index contributed by atoms with van der Waals surface area (Å²) in [6.45, 7) is 3.60. The normalized spacial score (nSPS) is 10.0. The van der Waals surface area contributed by atoms with Gasteiger partial charge < -0.3 is 18.9 Å². The number of hydrogen-bond donors (Lipinski definition) is 0. The number of rotatable bonds is 6. The largest absolute Gasteiger partial charge is 0.496 e. The van der Waals surface area contributed by atoms with Gasteiger partial charge in [-0.25, -0.2) is 0 Å². The molecule has 28 heavy (non-hydrogen) atoms. The molecule has 0 unspecified atom stereocenters. The third-order valence-corrected chi connectivity index (χ3v) is 3.39. The molecule has 8 heteroatoms. The fourth-order valence-corrected chi connectivity index (χ4v) is 2.36. The minimum absolute atomic E-state index is 0.114. The third-order valence-electron chi connectivity index (χ3n) is 3.39. The first-order chi connectivity index (χ1) is 13.2. The van der Waals surface area contributed by atoms with Crippen LogP contribution in [0.5, 0.6) is 23.0 Å². The average Bonchev–Trinajstić information content (AvgIpc) is 2.60. The molecule has 0 radical (unpaired) electrons. The summed E-state index contributed by atoms with van der Waals surface area (Å²) < 4.78 is 20.3. The molecule has 0 aliphatic carbocycles. The lowest BCUT2D eigenvalue weighted by molar-refractivity contribution is -0.133. The number of ketones is 1. The van der Waals surface area contributed by atoms with Gasteiger partial charge in [0.15, 0.2) is 0 Å². The molecule has 0 heterocycles.